The van der Waals surface area contributed by atoms with Crippen molar-refractivity contribution in [1.29, 1.82) is 0 Å². The zero-order chi connectivity index (χ0) is 21.4. The lowest BCUT2D eigenvalue weighted by atomic mass is 10.1. The monoisotopic (exact) mass is 394 g/mol. The van der Waals surface area contributed by atoms with Crippen LogP contribution in [0.4, 0.5) is 0 Å². The van der Waals surface area contributed by atoms with Crippen LogP contribution in [0, 0.1) is 6.92 Å². The number of aryl methyl sites for hydroxylation is 2. The molecule has 2 aromatic rings. The second-order valence-electron chi connectivity index (χ2n) is 8.72. The summed E-state index contributed by atoms with van der Waals surface area (Å²) in [5.74, 6) is -0.104. The molecule has 4 heteroatoms. The first-order valence-electron chi connectivity index (χ1n) is 10.4. The molecule has 2 amide bonds. The third-order valence-corrected chi connectivity index (χ3v) is 4.90. The average molecular weight is 395 g/mol. The highest BCUT2D eigenvalue weighted by Crippen LogP contribution is 2.12. The number of amides is 2. The van der Waals surface area contributed by atoms with E-state index in [0.29, 0.717) is 19.4 Å². The number of nitrogens with one attached hydrogen (secondary N) is 1. The van der Waals surface area contributed by atoms with Gasteiger partial charge in [-0.15, -0.1) is 0 Å². The van der Waals surface area contributed by atoms with Crippen molar-refractivity contribution in [3.63, 3.8) is 0 Å². The Morgan fingerprint density at radius 2 is 1.52 bits per heavy atom. The van der Waals surface area contributed by atoms with Crippen LogP contribution in [0.15, 0.2) is 54.6 Å². The zero-order valence-corrected chi connectivity index (χ0v) is 18.4. The molecular formula is C25H34N2O2. The van der Waals surface area contributed by atoms with Gasteiger partial charge in [0.1, 0.15) is 6.04 Å². The maximum Gasteiger partial charge on any atom is 0.242 e. The van der Waals surface area contributed by atoms with E-state index in [4.69, 9.17) is 0 Å². The number of carbonyl (C=O) groups is 2. The van der Waals surface area contributed by atoms with Crippen molar-refractivity contribution in [3.05, 3.63) is 71.3 Å². The van der Waals surface area contributed by atoms with E-state index in [9.17, 15) is 9.59 Å². The molecular weight excluding hydrogens is 360 g/mol. The predicted octanol–water partition coefficient (Wildman–Crippen LogP) is 4.30. The third kappa shape index (κ3) is 7.72. The van der Waals surface area contributed by atoms with Crippen molar-refractivity contribution >= 4 is 11.8 Å². The minimum atomic E-state index is -0.511. The molecule has 156 valence electrons. The van der Waals surface area contributed by atoms with Gasteiger partial charge in [-0.3, -0.25) is 9.59 Å². The molecule has 0 heterocycles. The molecule has 1 atom stereocenters. The summed E-state index contributed by atoms with van der Waals surface area (Å²) in [6.45, 7) is 10.2. The van der Waals surface area contributed by atoms with Crippen molar-refractivity contribution in [3.8, 4) is 0 Å². The molecule has 0 spiro atoms. The van der Waals surface area contributed by atoms with E-state index < -0.39 is 6.04 Å². The van der Waals surface area contributed by atoms with Crippen LogP contribution in [-0.2, 0) is 22.4 Å². The summed E-state index contributed by atoms with van der Waals surface area (Å²) in [4.78, 5) is 27.5. The van der Waals surface area contributed by atoms with Crippen molar-refractivity contribution in [1.82, 2.24) is 10.2 Å². The van der Waals surface area contributed by atoms with E-state index in [1.54, 1.807) is 4.90 Å². The maximum absolute atomic E-state index is 13.1. The molecule has 2 aromatic carbocycles. The highest BCUT2D eigenvalue weighted by molar-refractivity contribution is 5.87. The van der Waals surface area contributed by atoms with Crippen LogP contribution in [0.5, 0.6) is 0 Å². The molecule has 0 bridgehead atoms. The number of benzene rings is 2. The van der Waals surface area contributed by atoms with Crippen molar-refractivity contribution in [2.45, 2.75) is 65.5 Å². The van der Waals surface area contributed by atoms with Gasteiger partial charge in [0, 0.05) is 18.5 Å². The molecule has 0 aliphatic rings. The first-order chi connectivity index (χ1) is 13.7. The first-order valence-corrected chi connectivity index (χ1v) is 10.4. The maximum atomic E-state index is 13.1. The largest absolute Gasteiger partial charge is 0.350 e. The Bertz CT molecular complexity index is 792. The zero-order valence-electron chi connectivity index (χ0n) is 18.4. The Kier molecular flexibility index (Phi) is 8.00. The summed E-state index contributed by atoms with van der Waals surface area (Å²) >= 11 is 0. The second-order valence-corrected chi connectivity index (χ2v) is 8.72. The lowest BCUT2D eigenvalue weighted by molar-refractivity contribution is -0.140. The minimum absolute atomic E-state index is 0.0121. The fourth-order valence-corrected chi connectivity index (χ4v) is 3.19. The van der Waals surface area contributed by atoms with E-state index in [1.165, 1.54) is 5.56 Å². The SMILES string of the molecule is Cc1ccc(CCC(=O)N(CCc2ccccc2)[C@H](C)C(=O)NC(C)(C)C)cc1. The first kappa shape index (κ1) is 22.7. The lowest BCUT2D eigenvalue weighted by Crippen LogP contribution is -2.53. The Balaban J connectivity index is 2.07. The summed E-state index contributed by atoms with van der Waals surface area (Å²) in [7, 11) is 0. The number of hydrogen-bond donors (Lipinski definition) is 1. The molecule has 29 heavy (non-hydrogen) atoms. The van der Waals surface area contributed by atoms with Crippen molar-refractivity contribution < 1.29 is 9.59 Å². The van der Waals surface area contributed by atoms with Gasteiger partial charge in [0.25, 0.3) is 0 Å². The van der Waals surface area contributed by atoms with Gasteiger partial charge in [-0.2, -0.15) is 0 Å². The molecule has 0 unspecified atom stereocenters. The van der Waals surface area contributed by atoms with E-state index in [0.717, 1.165) is 17.5 Å². The summed E-state index contributed by atoms with van der Waals surface area (Å²) in [6, 6.07) is 17.8. The fraction of sp³-hybridized carbons (Fsp3) is 0.440. The molecule has 0 aromatic heterocycles. The second kappa shape index (κ2) is 10.2. The average Bonchev–Trinajstić information content (AvgIpc) is 2.67. The van der Waals surface area contributed by atoms with Crippen LogP contribution < -0.4 is 5.32 Å². The summed E-state index contributed by atoms with van der Waals surface area (Å²) < 4.78 is 0. The lowest BCUT2D eigenvalue weighted by Gasteiger charge is -2.31. The molecule has 0 aliphatic carbocycles. The van der Waals surface area contributed by atoms with Gasteiger partial charge in [-0.05, 0) is 58.6 Å². The van der Waals surface area contributed by atoms with Crippen LogP contribution in [0.3, 0.4) is 0 Å². The molecule has 1 N–H and O–H groups in total. The Morgan fingerprint density at radius 1 is 0.931 bits per heavy atom. The molecule has 0 fully saturated rings. The van der Waals surface area contributed by atoms with Crippen LogP contribution in [0.25, 0.3) is 0 Å². The summed E-state index contributed by atoms with van der Waals surface area (Å²) in [5.41, 5.74) is 3.17. The number of hydrogen-bond acceptors (Lipinski definition) is 2. The van der Waals surface area contributed by atoms with E-state index >= 15 is 0 Å². The number of nitrogens with zero attached hydrogens (tertiary/aromatic N) is 1. The Labute approximate surface area is 175 Å². The Hall–Kier alpha value is -2.62. The predicted molar refractivity (Wildman–Crippen MR) is 119 cm³/mol. The van der Waals surface area contributed by atoms with Crippen LogP contribution in [0.2, 0.25) is 0 Å². The molecule has 0 saturated carbocycles. The van der Waals surface area contributed by atoms with Crippen molar-refractivity contribution in [2.24, 2.45) is 0 Å². The van der Waals surface area contributed by atoms with E-state index in [1.807, 2.05) is 45.9 Å². The molecule has 0 saturated heterocycles. The molecule has 0 radical (unpaired) electrons. The summed E-state index contributed by atoms with van der Waals surface area (Å²) in [5, 5.41) is 3.00. The number of carbonyl (C=O) groups excluding carboxylic acids is 2. The highest BCUT2D eigenvalue weighted by Gasteiger charge is 2.27. The third-order valence-electron chi connectivity index (χ3n) is 4.90. The minimum Gasteiger partial charge on any atom is -0.350 e. The van der Waals surface area contributed by atoms with Crippen LogP contribution in [0.1, 0.15) is 50.8 Å². The van der Waals surface area contributed by atoms with E-state index in [2.05, 4.69) is 48.6 Å². The van der Waals surface area contributed by atoms with E-state index in [-0.39, 0.29) is 17.4 Å². The van der Waals surface area contributed by atoms with Gasteiger partial charge in [0.15, 0.2) is 0 Å². The quantitative estimate of drug-likeness (QED) is 0.726. The van der Waals surface area contributed by atoms with Gasteiger partial charge < -0.3 is 10.2 Å². The van der Waals surface area contributed by atoms with Crippen LogP contribution in [-0.4, -0.2) is 34.8 Å². The Morgan fingerprint density at radius 3 is 2.10 bits per heavy atom. The highest BCUT2D eigenvalue weighted by atomic mass is 16.2. The fourth-order valence-electron chi connectivity index (χ4n) is 3.19. The van der Waals surface area contributed by atoms with Crippen molar-refractivity contribution in [2.75, 3.05) is 6.54 Å². The standard InChI is InChI=1S/C25H34N2O2/c1-19-11-13-22(14-12-19)15-16-23(28)27(18-17-21-9-7-6-8-10-21)20(2)24(29)26-25(3,4)5/h6-14,20H,15-18H2,1-5H3,(H,26,29)/t20-/m1/s1. The normalized spacial score (nSPS) is 12.3. The van der Waals surface area contributed by atoms with Crippen LogP contribution >= 0.6 is 0 Å². The smallest absolute Gasteiger partial charge is 0.242 e. The van der Waals surface area contributed by atoms with Gasteiger partial charge in [-0.25, -0.2) is 0 Å². The molecule has 4 nitrogen and oxygen atoms in total. The number of rotatable bonds is 8. The van der Waals surface area contributed by atoms with Gasteiger partial charge in [0.2, 0.25) is 11.8 Å². The molecule has 2 rings (SSSR count). The summed E-state index contributed by atoms with van der Waals surface area (Å²) in [6.07, 6.45) is 1.80. The van der Waals surface area contributed by atoms with Gasteiger partial charge >= 0.3 is 0 Å². The molecule has 0 aliphatic heterocycles. The topological polar surface area (TPSA) is 49.4 Å². The van der Waals surface area contributed by atoms with Gasteiger partial charge in [0.05, 0.1) is 0 Å². The van der Waals surface area contributed by atoms with Gasteiger partial charge in [-0.1, -0.05) is 60.2 Å².